The Morgan fingerprint density at radius 3 is 2.96 bits per heavy atom. The van der Waals surface area contributed by atoms with Crippen molar-refractivity contribution in [3.05, 3.63) is 18.2 Å². The van der Waals surface area contributed by atoms with E-state index in [1.54, 1.807) is 0 Å². The summed E-state index contributed by atoms with van der Waals surface area (Å²) < 4.78 is 7.92. The molecule has 6 heteroatoms. The molecule has 0 saturated carbocycles. The second-order valence-corrected chi connectivity index (χ2v) is 7.99. The Bertz CT molecular complexity index is 610. The van der Waals surface area contributed by atoms with Crippen LogP contribution in [0.2, 0.25) is 0 Å². The molecule has 2 atom stereocenters. The summed E-state index contributed by atoms with van der Waals surface area (Å²) in [5.41, 5.74) is 1.33. The fraction of sp³-hybridized carbons (Fsp3) is 0.789. The average molecular weight is 346 g/mol. The molecule has 6 nitrogen and oxygen atoms in total. The summed E-state index contributed by atoms with van der Waals surface area (Å²) >= 11 is 0. The molecular formula is C19H30N4O2. The molecule has 1 aromatic rings. The fourth-order valence-corrected chi connectivity index (χ4v) is 4.84. The van der Waals surface area contributed by atoms with Gasteiger partial charge in [-0.1, -0.05) is 0 Å². The maximum atomic E-state index is 12.6. The Morgan fingerprint density at radius 2 is 2.20 bits per heavy atom. The van der Waals surface area contributed by atoms with E-state index in [4.69, 9.17) is 4.74 Å². The Balaban J connectivity index is 1.42. The lowest BCUT2D eigenvalue weighted by atomic mass is 9.87. The number of hydrogen-bond acceptors (Lipinski definition) is 4. The molecule has 4 rings (SSSR count). The first kappa shape index (κ1) is 17.0. The molecule has 3 saturated heterocycles. The van der Waals surface area contributed by atoms with Crippen molar-refractivity contribution in [1.29, 1.82) is 0 Å². The van der Waals surface area contributed by atoms with Gasteiger partial charge in [-0.05, 0) is 45.1 Å². The summed E-state index contributed by atoms with van der Waals surface area (Å²) in [7, 11) is 2.06. The quantitative estimate of drug-likeness (QED) is 0.836. The van der Waals surface area contributed by atoms with Gasteiger partial charge in [0.05, 0.1) is 18.1 Å². The van der Waals surface area contributed by atoms with Crippen molar-refractivity contribution in [2.75, 3.05) is 26.2 Å². The van der Waals surface area contributed by atoms with Crippen molar-refractivity contribution < 1.29 is 9.53 Å². The van der Waals surface area contributed by atoms with Gasteiger partial charge in [-0.3, -0.25) is 9.69 Å². The average Bonchev–Trinajstić information content (AvgIpc) is 3.28. The van der Waals surface area contributed by atoms with E-state index in [0.717, 1.165) is 71.3 Å². The van der Waals surface area contributed by atoms with Crippen LogP contribution < -0.4 is 0 Å². The highest BCUT2D eigenvalue weighted by molar-refractivity contribution is 5.79. The minimum atomic E-state index is 0.0737. The van der Waals surface area contributed by atoms with Gasteiger partial charge >= 0.3 is 0 Å². The maximum absolute atomic E-state index is 12.6. The first-order valence-corrected chi connectivity index (χ1v) is 9.76. The smallest absolute Gasteiger partial charge is 0.223 e. The van der Waals surface area contributed by atoms with Crippen molar-refractivity contribution in [3.63, 3.8) is 0 Å². The number of nitrogens with zero attached hydrogens (tertiary/aromatic N) is 4. The molecule has 0 aliphatic carbocycles. The molecule has 0 bridgehead atoms. The second kappa shape index (κ2) is 7.08. The Kier molecular flexibility index (Phi) is 4.82. The van der Waals surface area contributed by atoms with Crippen LogP contribution in [0.4, 0.5) is 0 Å². The van der Waals surface area contributed by atoms with E-state index in [0.29, 0.717) is 12.3 Å². The van der Waals surface area contributed by atoms with Crippen LogP contribution in [0.25, 0.3) is 0 Å². The summed E-state index contributed by atoms with van der Waals surface area (Å²) in [6.07, 6.45) is 11.4. The van der Waals surface area contributed by atoms with Crippen LogP contribution in [0.5, 0.6) is 0 Å². The Labute approximate surface area is 150 Å². The molecule has 4 heterocycles. The lowest BCUT2D eigenvalue weighted by Gasteiger charge is -2.39. The number of aryl methyl sites for hydroxylation is 1. The van der Waals surface area contributed by atoms with Crippen LogP contribution in [-0.4, -0.2) is 63.1 Å². The fourth-order valence-electron chi connectivity index (χ4n) is 4.84. The molecule has 0 unspecified atom stereocenters. The number of hydrogen-bond donors (Lipinski definition) is 0. The normalized spacial score (nSPS) is 31.2. The summed E-state index contributed by atoms with van der Waals surface area (Å²) in [6, 6.07) is 0. The van der Waals surface area contributed by atoms with Crippen molar-refractivity contribution in [1.82, 2.24) is 19.4 Å². The number of imidazole rings is 1. The third-order valence-electron chi connectivity index (χ3n) is 6.40. The number of likely N-dealkylation sites (tertiary alicyclic amines) is 2. The van der Waals surface area contributed by atoms with Crippen LogP contribution in [0, 0.1) is 0 Å². The van der Waals surface area contributed by atoms with E-state index in [1.165, 1.54) is 5.69 Å². The third-order valence-corrected chi connectivity index (χ3v) is 6.40. The Morgan fingerprint density at radius 1 is 1.28 bits per heavy atom. The highest BCUT2D eigenvalue weighted by Gasteiger charge is 2.46. The molecule has 138 valence electrons. The number of carbonyl (C=O) groups is 1. The lowest BCUT2D eigenvalue weighted by molar-refractivity contribution is -0.133. The topological polar surface area (TPSA) is 50.6 Å². The molecule has 3 fully saturated rings. The molecular weight excluding hydrogens is 316 g/mol. The number of aromatic nitrogens is 2. The molecule has 1 aromatic heterocycles. The van der Waals surface area contributed by atoms with Gasteiger partial charge in [0.2, 0.25) is 5.91 Å². The van der Waals surface area contributed by atoms with E-state index in [9.17, 15) is 4.79 Å². The van der Waals surface area contributed by atoms with Gasteiger partial charge < -0.3 is 14.2 Å². The summed E-state index contributed by atoms with van der Waals surface area (Å²) in [5, 5.41) is 0. The van der Waals surface area contributed by atoms with Gasteiger partial charge in [-0.25, -0.2) is 4.98 Å². The molecule has 3 aliphatic heterocycles. The van der Waals surface area contributed by atoms with E-state index in [-0.39, 0.29) is 11.6 Å². The van der Waals surface area contributed by atoms with Gasteiger partial charge in [0.15, 0.2) is 0 Å². The number of rotatable bonds is 4. The van der Waals surface area contributed by atoms with Gasteiger partial charge in [0.1, 0.15) is 0 Å². The minimum absolute atomic E-state index is 0.0737. The van der Waals surface area contributed by atoms with Crippen LogP contribution in [-0.2, 0) is 23.1 Å². The lowest BCUT2D eigenvalue weighted by Crippen LogP contribution is -2.49. The van der Waals surface area contributed by atoms with E-state index >= 15 is 0 Å². The maximum Gasteiger partial charge on any atom is 0.223 e. The molecule has 1 amide bonds. The molecule has 3 aliphatic rings. The molecule has 25 heavy (non-hydrogen) atoms. The Hall–Kier alpha value is -1.40. The molecule has 0 aromatic carbocycles. The molecule has 0 radical (unpaired) electrons. The number of carbonyl (C=O) groups excluding carboxylic acids is 1. The van der Waals surface area contributed by atoms with Crippen LogP contribution >= 0.6 is 0 Å². The van der Waals surface area contributed by atoms with E-state index in [1.807, 2.05) is 12.5 Å². The highest BCUT2D eigenvalue weighted by atomic mass is 16.5. The SMILES string of the molecule is Cn1cncc1CN1CCC[C@@]2(CCC(=O)N2C[C@@H]2CCCO2)CC1. The zero-order valence-corrected chi connectivity index (χ0v) is 15.3. The highest BCUT2D eigenvalue weighted by Crippen LogP contribution is 2.40. The van der Waals surface area contributed by atoms with Gasteiger partial charge in [0.25, 0.3) is 0 Å². The monoisotopic (exact) mass is 346 g/mol. The zero-order valence-electron chi connectivity index (χ0n) is 15.3. The van der Waals surface area contributed by atoms with E-state index in [2.05, 4.69) is 26.4 Å². The van der Waals surface area contributed by atoms with Gasteiger partial charge in [-0.2, -0.15) is 0 Å². The predicted octanol–water partition coefficient (Wildman–Crippen LogP) is 1.95. The second-order valence-electron chi connectivity index (χ2n) is 7.99. The van der Waals surface area contributed by atoms with E-state index < -0.39 is 0 Å². The van der Waals surface area contributed by atoms with Crippen LogP contribution in [0.3, 0.4) is 0 Å². The predicted molar refractivity (Wildman–Crippen MR) is 95.0 cm³/mol. The third kappa shape index (κ3) is 3.47. The number of amides is 1. The van der Waals surface area contributed by atoms with Gasteiger partial charge in [-0.15, -0.1) is 0 Å². The first-order chi connectivity index (χ1) is 12.2. The van der Waals surface area contributed by atoms with Crippen molar-refractivity contribution >= 4 is 5.91 Å². The van der Waals surface area contributed by atoms with Crippen LogP contribution in [0.15, 0.2) is 12.5 Å². The zero-order chi connectivity index (χ0) is 17.3. The molecule has 0 N–H and O–H groups in total. The molecule has 1 spiro atoms. The first-order valence-electron chi connectivity index (χ1n) is 9.76. The van der Waals surface area contributed by atoms with Gasteiger partial charge in [0, 0.05) is 51.4 Å². The van der Waals surface area contributed by atoms with Crippen molar-refractivity contribution in [2.45, 2.75) is 63.1 Å². The standard InChI is InChI=1S/C19H30N4O2/c1-21-15-20-12-16(21)13-22-9-3-6-19(8-10-22)7-5-18(24)23(19)14-17-4-2-11-25-17/h12,15,17H,2-11,13-14H2,1H3/t17-,19+/m0/s1. The van der Waals surface area contributed by atoms with Crippen LogP contribution in [0.1, 0.15) is 50.6 Å². The van der Waals surface area contributed by atoms with Crippen molar-refractivity contribution in [3.8, 4) is 0 Å². The largest absolute Gasteiger partial charge is 0.376 e. The van der Waals surface area contributed by atoms with Crippen molar-refractivity contribution in [2.24, 2.45) is 7.05 Å². The summed E-state index contributed by atoms with van der Waals surface area (Å²) in [5.74, 6) is 0.343. The minimum Gasteiger partial charge on any atom is -0.376 e. The summed E-state index contributed by atoms with van der Waals surface area (Å²) in [4.78, 5) is 21.5. The number of ether oxygens (including phenoxy) is 1. The summed E-state index contributed by atoms with van der Waals surface area (Å²) in [6.45, 7) is 4.78.